The first-order valence-electron chi connectivity index (χ1n) is 5.47. The molecule has 0 amide bonds. The molecule has 3 heterocycles. The zero-order valence-electron chi connectivity index (χ0n) is 9.68. The van der Waals surface area contributed by atoms with Crippen molar-refractivity contribution in [2.75, 3.05) is 5.32 Å². The van der Waals surface area contributed by atoms with Crippen molar-refractivity contribution in [1.82, 2.24) is 24.8 Å². The maximum Gasteiger partial charge on any atom is 0.243 e. The molecule has 0 aliphatic heterocycles. The van der Waals surface area contributed by atoms with Crippen LogP contribution in [0.5, 0.6) is 0 Å². The second-order valence-electron chi connectivity index (χ2n) is 3.96. The van der Waals surface area contributed by atoms with Crippen molar-refractivity contribution in [2.45, 2.75) is 13.5 Å². The molecule has 18 heavy (non-hydrogen) atoms. The predicted molar refractivity (Wildman–Crippen MR) is 71.3 cm³/mol. The van der Waals surface area contributed by atoms with E-state index in [1.54, 1.807) is 10.7 Å². The van der Waals surface area contributed by atoms with Gasteiger partial charge in [0, 0.05) is 28.5 Å². The zero-order valence-corrected chi connectivity index (χ0v) is 11.3. The van der Waals surface area contributed by atoms with Gasteiger partial charge in [0.15, 0.2) is 5.65 Å². The fourth-order valence-electron chi connectivity index (χ4n) is 1.66. The second kappa shape index (κ2) is 4.41. The minimum Gasteiger partial charge on any atom is -0.349 e. The van der Waals surface area contributed by atoms with Crippen LogP contribution in [-0.2, 0) is 6.54 Å². The molecule has 0 aliphatic carbocycles. The highest BCUT2D eigenvalue weighted by atomic mass is 79.9. The third kappa shape index (κ3) is 2.08. The van der Waals surface area contributed by atoms with Gasteiger partial charge in [-0.3, -0.25) is 5.10 Å². The minimum absolute atomic E-state index is 0.605. The Balaban J connectivity index is 1.81. The van der Waals surface area contributed by atoms with Gasteiger partial charge in [0.05, 0.1) is 6.20 Å². The molecular formula is C11H11BrN6. The molecule has 0 atom stereocenters. The topological polar surface area (TPSA) is 70.9 Å². The molecule has 3 aromatic rings. The average molecular weight is 307 g/mol. The lowest BCUT2D eigenvalue weighted by Gasteiger charge is -1.99. The molecule has 0 aromatic carbocycles. The number of aryl methyl sites for hydroxylation is 1. The van der Waals surface area contributed by atoms with Gasteiger partial charge in [0.25, 0.3) is 0 Å². The van der Waals surface area contributed by atoms with Crippen molar-refractivity contribution in [1.29, 1.82) is 0 Å². The first-order valence-corrected chi connectivity index (χ1v) is 6.26. The largest absolute Gasteiger partial charge is 0.349 e. The zero-order chi connectivity index (χ0) is 12.5. The standard InChI is InChI=1S/C11H11BrN6/c1-7-8(5-14-16-7)4-13-11-15-10-3-2-9(12)6-18(10)17-11/h2-3,5-6H,4H2,1H3,(H,13,17)(H,14,16). The van der Waals surface area contributed by atoms with Gasteiger partial charge >= 0.3 is 0 Å². The van der Waals surface area contributed by atoms with Crippen LogP contribution >= 0.6 is 15.9 Å². The number of aromatic amines is 1. The van der Waals surface area contributed by atoms with E-state index in [1.165, 1.54) is 0 Å². The number of anilines is 1. The van der Waals surface area contributed by atoms with Crippen molar-refractivity contribution in [3.63, 3.8) is 0 Å². The molecule has 0 saturated heterocycles. The Hall–Kier alpha value is -1.89. The van der Waals surface area contributed by atoms with Crippen LogP contribution in [0.25, 0.3) is 5.65 Å². The lowest BCUT2D eigenvalue weighted by Crippen LogP contribution is -2.01. The van der Waals surface area contributed by atoms with Crippen LogP contribution in [0, 0.1) is 6.92 Å². The Morgan fingerprint density at radius 2 is 2.33 bits per heavy atom. The summed E-state index contributed by atoms with van der Waals surface area (Å²) in [6, 6.07) is 3.85. The molecule has 0 aliphatic rings. The molecule has 2 N–H and O–H groups in total. The van der Waals surface area contributed by atoms with E-state index in [9.17, 15) is 0 Å². The molecule has 0 unspecified atom stereocenters. The average Bonchev–Trinajstić information content (AvgIpc) is 2.92. The van der Waals surface area contributed by atoms with Crippen LogP contribution < -0.4 is 5.32 Å². The SMILES string of the molecule is Cc1[nH]ncc1CNc1nc2ccc(Br)cn2n1. The van der Waals surface area contributed by atoms with E-state index < -0.39 is 0 Å². The summed E-state index contributed by atoms with van der Waals surface area (Å²) in [5, 5.41) is 14.4. The maximum atomic E-state index is 4.37. The molecule has 0 bridgehead atoms. The number of hydrogen-bond acceptors (Lipinski definition) is 4. The lowest BCUT2D eigenvalue weighted by atomic mass is 10.3. The van der Waals surface area contributed by atoms with Gasteiger partial charge in [0.2, 0.25) is 5.95 Å². The van der Waals surface area contributed by atoms with E-state index in [-0.39, 0.29) is 0 Å². The van der Waals surface area contributed by atoms with E-state index in [0.29, 0.717) is 12.5 Å². The molecular weight excluding hydrogens is 296 g/mol. The Labute approximate surface area is 112 Å². The number of rotatable bonds is 3. The van der Waals surface area contributed by atoms with E-state index >= 15 is 0 Å². The van der Waals surface area contributed by atoms with Gasteiger partial charge < -0.3 is 5.32 Å². The highest BCUT2D eigenvalue weighted by molar-refractivity contribution is 9.10. The molecule has 0 radical (unpaired) electrons. The van der Waals surface area contributed by atoms with Crippen LogP contribution in [0.1, 0.15) is 11.3 Å². The number of H-pyrrole nitrogens is 1. The first kappa shape index (κ1) is 11.2. The van der Waals surface area contributed by atoms with Gasteiger partial charge in [-0.1, -0.05) is 0 Å². The van der Waals surface area contributed by atoms with Crippen molar-refractivity contribution in [3.05, 3.63) is 40.3 Å². The minimum atomic E-state index is 0.605. The molecule has 6 nitrogen and oxygen atoms in total. The number of pyridine rings is 1. The molecule has 0 fully saturated rings. The quantitative estimate of drug-likeness (QED) is 0.777. The summed E-state index contributed by atoms with van der Waals surface area (Å²) >= 11 is 3.40. The fourth-order valence-corrected chi connectivity index (χ4v) is 1.99. The van der Waals surface area contributed by atoms with Crippen LogP contribution in [0.15, 0.2) is 29.0 Å². The summed E-state index contributed by atoms with van der Waals surface area (Å²) in [5.41, 5.74) is 2.97. The van der Waals surface area contributed by atoms with Crippen LogP contribution in [0.2, 0.25) is 0 Å². The van der Waals surface area contributed by atoms with Crippen molar-refractivity contribution >= 4 is 27.5 Å². The number of hydrogen-bond donors (Lipinski definition) is 2. The Morgan fingerprint density at radius 1 is 1.44 bits per heavy atom. The number of nitrogens with one attached hydrogen (secondary N) is 2. The predicted octanol–water partition coefficient (Wildman–Crippen LogP) is 2.14. The van der Waals surface area contributed by atoms with Crippen LogP contribution in [-0.4, -0.2) is 24.8 Å². The normalized spacial score (nSPS) is 11.0. The highest BCUT2D eigenvalue weighted by Crippen LogP contribution is 2.13. The number of fused-ring (bicyclic) bond motifs is 1. The van der Waals surface area contributed by atoms with Gasteiger partial charge in [0.1, 0.15) is 0 Å². The second-order valence-corrected chi connectivity index (χ2v) is 4.87. The maximum absolute atomic E-state index is 4.37. The van der Waals surface area contributed by atoms with E-state index in [4.69, 9.17) is 0 Å². The van der Waals surface area contributed by atoms with Crippen LogP contribution in [0.4, 0.5) is 5.95 Å². The van der Waals surface area contributed by atoms with Gasteiger partial charge in [-0.25, -0.2) is 4.52 Å². The summed E-state index contributed by atoms with van der Waals surface area (Å²) in [4.78, 5) is 4.37. The smallest absolute Gasteiger partial charge is 0.243 e. The lowest BCUT2D eigenvalue weighted by molar-refractivity contribution is 0.945. The van der Waals surface area contributed by atoms with Gasteiger partial charge in [-0.15, -0.1) is 5.10 Å². The molecule has 0 saturated carbocycles. The number of halogens is 1. The fraction of sp³-hybridized carbons (Fsp3) is 0.182. The Bertz CT molecular complexity index is 686. The number of aromatic nitrogens is 5. The van der Waals surface area contributed by atoms with Crippen molar-refractivity contribution in [3.8, 4) is 0 Å². The Morgan fingerprint density at radius 3 is 3.11 bits per heavy atom. The third-order valence-corrected chi connectivity index (χ3v) is 3.14. The summed E-state index contributed by atoms with van der Waals surface area (Å²) in [6.07, 6.45) is 3.67. The van der Waals surface area contributed by atoms with Crippen molar-refractivity contribution < 1.29 is 0 Å². The summed E-state index contributed by atoms with van der Waals surface area (Å²) in [7, 11) is 0. The van der Waals surface area contributed by atoms with E-state index in [1.807, 2.05) is 25.3 Å². The monoisotopic (exact) mass is 306 g/mol. The van der Waals surface area contributed by atoms with E-state index in [0.717, 1.165) is 21.4 Å². The summed E-state index contributed by atoms with van der Waals surface area (Å²) in [6.45, 7) is 2.64. The molecule has 0 spiro atoms. The molecule has 7 heteroatoms. The van der Waals surface area contributed by atoms with Crippen molar-refractivity contribution in [2.24, 2.45) is 0 Å². The first-order chi connectivity index (χ1) is 8.72. The summed E-state index contributed by atoms with van der Waals surface area (Å²) < 4.78 is 2.70. The Kier molecular flexibility index (Phi) is 2.75. The third-order valence-electron chi connectivity index (χ3n) is 2.67. The van der Waals surface area contributed by atoms with Gasteiger partial charge in [-0.2, -0.15) is 10.1 Å². The summed E-state index contributed by atoms with van der Waals surface area (Å²) in [5.74, 6) is 0.605. The number of nitrogens with zero attached hydrogens (tertiary/aromatic N) is 4. The van der Waals surface area contributed by atoms with E-state index in [2.05, 4.69) is 41.5 Å². The highest BCUT2D eigenvalue weighted by Gasteiger charge is 2.05. The molecule has 3 rings (SSSR count). The molecule has 3 aromatic heterocycles. The van der Waals surface area contributed by atoms with Gasteiger partial charge in [-0.05, 0) is 35.0 Å². The molecule has 92 valence electrons. The van der Waals surface area contributed by atoms with Crippen LogP contribution in [0.3, 0.4) is 0 Å².